The van der Waals surface area contributed by atoms with Crippen LogP contribution in [0.3, 0.4) is 0 Å². The topological polar surface area (TPSA) is 83.6 Å². The molecule has 0 bridgehead atoms. The Bertz CT molecular complexity index is 876. The molecule has 0 radical (unpaired) electrons. The lowest BCUT2D eigenvalue weighted by Crippen LogP contribution is -2.48. The first-order valence-electron chi connectivity index (χ1n) is 9.03. The third-order valence-electron chi connectivity index (χ3n) is 4.59. The molecule has 3 aromatic rings. The Morgan fingerprint density at radius 3 is 2.41 bits per heavy atom. The van der Waals surface area contributed by atoms with Crippen molar-refractivity contribution in [1.82, 2.24) is 25.2 Å². The van der Waals surface area contributed by atoms with Crippen molar-refractivity contribution in [3.63, 3.8) is 0 Å². The summed E-state index contributed by atoms with van der Waals surface area (Å²) < 4.78 is 10.6. The fourth-order valence-electron chi connectivity index (χ4n) is 3.13. The molecule has 0 aliphatic carbocycles. The van der Waals surface area contributed by atoms with Crippen LogP contribution in [0.2, 0.25) is 0 Å². The molecule has 1 aliphatic heterocycles. The molecule has 142 valence electrons. The van der Waals surface area contributed by atoms with Crippen LogP contribution in [0.25, 0.3) is 11.3 Å². The summed E-state index contributed by atoms with van der Waals surface area (Å²) in [5, 5.41) is 7.62. The maximum absolute atomic E-state index is 5.80. The van der Waals surface area contributed by atoms with Crippen molar-refractivity contribution >= 4 is 22.9 Å². The second kappa shape index (κ2) is 7.75. The van der Waals surface area contributed by atoms with Gasteiger partial charge in [0.1, 0.15) is 12.4 Å². The third kappa shape index (κ3) is 3.92. The van der Waals surface area contributed by atoms with Gasteiger partial charge in [-0.2, -0.15) is 0 Å². The zero-order valence-corrected chi connectivity index (χ0v) is 15.6. The molecule has 1 aliphatic rings. The summed E-state index contributed by atoms with van der Waals surface area (Å²) in [6.07, 6.45) is 0. The van der Waals surface area contributed by atoms with Gasteiger partial charge in [0.15, 0.2) is 11.6 Å². The van der Waals surface area contributed by atoms with Crippen molar-refractivity contribution in [2.24, 2.45) is 0 Å². The van der Waals surface area contributed by atoms with Crippen LogP contribution >= 0.6 is 0 Å². The number of benzene rings is 1. The second-order valence-electron chi connectivity index (χ2n) is 6.67. The molecule has 0 saturated carbocycles. The molecule has 1 saturated heterocycles. The van der Waals surface area contributed by atoms with Crippen LogP contribution < -0.4 is 14.5 Å². The Labute approximate surface area is 157 Å². The molecule has 4 rings (SSSR count). The predicted octanol–water partition coefficient (Wildman–Crippen LogP) is 1.28. The molecular weight excluding hydrogens is 346 g/mol. The first kappa shape index (κ1) is 17.5. The zero-order valence-electron chi connectivity index (χ0n) is 15.6. The highest BCUT2D eigenvalue weighted by Gasteiger charge is 2.23. The van der Waals surface area contributed by atoms with Crippen LogP contribution in [0.4, 0.5) is 11.6 Å². The summed E-state index contributed by atoms with van der Waals surface area (Å²) in [5.41, 5.74) is 0.869. The molecule has 9 nitrogen and oxygen atoms in total. The number of rotatable bonds is 6. The summed E-state index contributed by atoms with van der Waals surface area (Å²) in [7, 11) is 3.90. The average molecular weight is 369 g/mol. The van der Waals surface area contributed by atoms with Gasteiger partial charge in [-0.15, -0.1) is 0 Å². The lowest BCUT2D eigenvalue weighted by Gasteiger charge is -2.36. The fourth-order valence-corrected chi connectivity index (χ4v) is 3.13. The SMILES string of the molecule is CN(C)c1nc2nonc2nc1N1CCN(CCOc2ccccc2)CC1. The molecule has 0 unspecified atom stereocenters. The minimum atomic E-state index is 0.430. The van der Waals surface area contributed by atoms with E-state index in [0.29, 0.717) is 17.9 Å². The summed E-state index contributed by atoms with van der Waals surface area (Å²) in [4.78, 5) is 15.7. The van der Waals surface area contributed by atoms with E-state index in [9.17, 15) is 0 Å². The number of para-hydroxylation sites is 1. The van der Waals surface area contributed by atoms with Gasteiger partial charge in [0.05, 0.1) is 0 Å². The van der Waals surface area contributed by atoms with E-state index in [2.05, 4.69) is 30.1 Å². The number of nitrogens with zero attached hydrogens (tertiary/aromatic N) is 7. The van der Waals surface area contributed by atoms with Crippen LogP contribution in [0.15, 0.2) is 35.0 Å². The number of fused-ring (bicyclic) bond motifs is 1. The van der Waals surface area contributed by atoms with Crippen molar-refractivity contribution in [3.8, 4) is 5.75 Å². The van der Waals surface area contributed by atoms with E-state index >= 15 is 0 Å². The quantitative estimate of drug-likeness (QED) is 0.638. The minimum absolute atomic E-state index is 0.430. The van der Waals surface area contributed by atoms with Crippen LogP contribution in [-0.4, -0.2) is 78.6 Å². The molecule has 0 spiro atoms. The van der Waals surface area contributed by atoms with E-state index in [4.69, 9.17) is 9.37 Å². The molecule has 1 aromatic carbocycles. The van der Waals surface area contributed by atoms with Crippen molar-refractivity contribution in [3.05, 3.63) is 30.3 Å². The molecule has 0 atom stereocenters. The smallest absolute Gasteiger partial charge is 0.245 e. The minimum Gasteiger partial charge on any atom is -0.492 e. The Morgan fingerprint density at radius 1 is 1.00 bits per heavy atom. The standard InChI is InChI=1S/C18H23N7O2/c1-23(2)17-18(20-16-15(19-17)21-27-22-16)25-10-8-24(9-11-25)12-13-26-14-6-4-3-5-7-14/h3-7H,8-13H2,1-2H3. The fraction of sp³-hybridized carbons (Fsp3) is 0.444. The van der Waals surface area contributed by atoms with Crippen LogP contribution in [0.5, 0.6) is 5.75 Å². The number of hydrogen-bond acceptors (Lipinski definition) is 9. The average Bonchev–Trinajstić information content (AvgIpc) is 3.16. The molecule has 27 heavy (non-hydrogen) atoms. The van der Waals surface area contributed by atoms with Gasteiger partial charge in [0.2, 0.25) is 11.3 Å². The molecule has 9 heteroatoms. The van der Waals surface area contributed by atoms with Gasteiger partial charge < -0.3 is 14.5 Å². The predicted molar refractivity (Wildman–Crippen MR) is 102 cm³/mol. The normalized spacial score (nSPS) is 15.3. The van der Waals surface area contributed by atoms with Crippen LogP contribution in [0, 0.1) is 0 Å². The highest BCUT2D eigenvalue weighted by molar-refractivity contribution is 5.74. The van der Waals surface area contributed by atoms with Crippen LogP contribution in [-0.2, 0) is 0 Å². The summed E-state index contributed by atoms with van der Waals surface area (Å²) in [6, 6.07) is 9.92. The third-order valence-corrected chi connectivity index (χ3v) is 4.59. The Balaban J connectivity index is 1.36. The summed E-state index contributed by atoms with van der Waals surface area (Å²) in [5.74, 6) is 2.51. The van der Waals surface area contributed by atoms with Gasteiger partial charge in [-0.25, -0.2) is 14.6 Å². The van der Waals surface area contributed by atoms with Gasteiger partial charge >= 0.3 is 0 Å². The van der Waals surface area contributed by atoms with Crippen molar-refractivity contribution in [1.29, 1.82) is 0 Å². The first-order chi connectivity index (χ1) is 13.2. The van der Waals surface area contributed by atoms with E-state index in [0.717, 1.165) is 50.1 Å². The summed E-state index contributed by atoms with van der Waals surface area (Å²) >= 11 is 0. The van der Waals surface area contributed by atoms with E-state index in [-0.39, 0.29) is 0 Å². The number of ether oxygens (including phenoxy) is 1. The van der Waals surface area contributed by atoms with Gasteiger partial charge in [0, 0.05) is 46.8 Å². The van der Waals surface area contributed by atoms with E-state index < -0.39 is 0 Å². The van der Waals surface area contributed by atoms with Crippen molar-refractivity contribution in [2.75, 3.05) is 63.2 Å². The molecule has 2 aromatic heterocycles. The van der Waals surface area contributed by atoms with Gasteiger partial charge in [-0.3, -0.25) is 4.90 Å². The maximum atomic E-state index is 5.80. The Kier molecular flexibility index (Phi) is 5.01. The lowest BCUT2D eigenvalue weighted by atomic mass is 10.3. The van der Waals surface area contributed by atoms with E-state index in [1.54, 1.807) is 0 Å². The largest absolute Gasteiger partial charge is 0.492 e. The monoisotopic (exact) mass is 369 g/mol. The van der Waals surface area contributed by atoms with Gasteiger partial charge in [0.25, 0.3) is 0 Å². The number of aromatic nitrogens is 4. The maximum Gasteiger partial charge on any atom is 0.245 e. The number of hydrogen-bond donors (Lipinski definition) is 0. The van der Waals surface area contributed by atoms with Crippen molar-refractivity contribution in [2.45, 2.75) is 0 Å². The number of anilines is 2. The molecule has 0 N–H and O–H groups in total. The summed E-state index contributed by atoms with van der Waals surface area (Å²) in [6.45, 7) is 5.23. The van der Waals surface area contributed by atoms with Crippen LogP contribution in [0.1, 0.15) is 0 Å². The van der Waals surface area contributed by atoms with Crippen molar-refractivity contribution < 1.29 is 9.37 Å². The van der Waals surface area contributed by atoms with Gasteiger partial charge in [-0.05, 0) is 22.4 Å². The Hall–Kier alpha value is -2.94. The Morgan fingerprint density at radius 2 is 1.70 bits per heavy atom. The first-order valence-corrected chi connectivity index (χ1v) is 9.03. The lowest BCUT2D eigenvalue weighted by molar-refractivity contribution is 0.200. The van der Waals surface area contributed by atoms with Gasteiger partial charge in [-0.1, -0.05) is 18.2 Å². The highest BCUT2D eigenvalue weighted by Crippen LogP contribution is 2.26. The molecule has 3 heterocycles. The molecule has 1 fully saturated rings. The molecular formula is C18H23N7O2. The highest BCUT2D eigenvalue weighted by atomic mass is 16.6. The second-order valence-corrected chi connectivity index (χ2v) is 6.67. The zero-order chi connectivity index (χ0) is 18.6. The van der Waals surface area contributed by atoms with E-state index in [1.165, 1.54) is 0 Å². The molecule has 0 amide bonds. The number of piperazine rings is 1. The van der Waals surface area contributed by atoms with E-state index in [1.807, 2.05) is 49.3 Å².